The van der Waals surface area contributed by atoms with E-state index in [0.717, 1.165) is 6.42 Å². The summed E-state index contributed by atoms with van der Waals surface area (Å²) in [5.74, 6) is -0.208. The van der Waals surface area contributed by atoms with Gasteiger partial charge in [-0.05, 0) is 24.6 Å². The van der Waals surface area contributed by atoms with E-state index < -0.39 is 6.04 Å². The number of hydrogen-bond acceptors (Lipinski definition) is 2. The van der Waals surface area contributed by atoms with Crippen LogP contribution >= 0.6 is 23.2 Å². The van der Waals surface area contributed by atoms with E-state index >= 15 is 0 Å². The number of benzene rings is 1. The molecular weight excluding hydrogens is 247 g/mol. The van der Waals surface area contributed by atoms with Gasteiger partial charge in [-0.15, -0.1) is 0 Å². The molecule has 0 heterocycles. The molecule has 0 spiro atoms. The van der Waals surface area contributed by atoms with Crippen LogP contribution in [0, 0.1) is 0 Å². The smallest absolute Gasteiger partial charge is 0.241 e. The van der Waals surface area contributed by atoms with Crippen LogP contribution in [0.3, 0.4) is 0 Å². The topological polar surface area (TPSA) is 55.1 Å². The zero-order chi connectivity index (χ0) is 12.1. The van der Waals surface area contributed by atoms with E-state index in [9.17, 15) is 4.79 Å². The van der Waals surface area contributed by atoms with Gasteiger partial charge in [0.1, 0.15) is 0 Å². The van der Waals surface area contributed by atoms with E-state index in [1.165, 1.54) is 0 Å². The molecule has 0 aromatic heterocycles. The largest absolute Gasteiger partial charge is 0.325 e. The van der Waals surface area contributed by atoms with Crippen LogP contribution in [-0.4, -0.2) is 11.9 Å². The van der Waals surface area contributed by atoms with Gasteiger partial charge in [-0.25, -0.2) is 0 Å². The molecule has 0 bridgehead atoms. The molecule has 0 radical (unpaired) electrons. The molecule has 5 heteroatoms. The first kappa shape index (κ1) is 13.3. The average Bonchev–Trinajstić information content (AvgIpc) is 2.24. The van der Waals surface area contributed by atoms with Crippen molar-refractivity contribution in [2.45, 2.75) is 25.8 Å². The highest BCUT2D eigenvalue weighted by atomic mass is 35.5. The van der Waals surface area contributed by atoms with Crippen LogP contribution in [-0.2, 0) is 4.79 Å². The van der Waals surface area contributed by atoms with Gasteiger partial charge in [0.2, 0.25) is 5.91 Å². The summed E-state index contributed by atoms with van der Waals surface area (Å²) in [5.41, 5.74) is 6.28. The maximum atomic E-state index is 11.6. The van der Waals surface area contributed by atoms with E-state index in [1.807, 2.05) is 6.92 Å². The molecule has 1 amide bonds. The summed E-state index contributed by atoms with van der Waals surface area (Å²) < 4.78 is 0. The Morgan fingerprint density at radius 2 is 2.12 bits per heavy atom. The minimum absolute atomic E-state index is 0.208. The third kappa shape index (κ3) is 3.67. The van der Waals surface area contributed by atoms with Crippen molar-refractivity contribution < 1.29 is 4.79 Å². The molecule has 88 valence electrons. The first-order valence-corrected chi connectivity index (χ1v) is 5.81. The van der Waals surface area contributed by atoms with Crippen LogP contribution in [0.2, 0.25) is 10.0 Å². The molecule has 3 nitrogen and oxygen atoms in total. The first-order chi connectivity index (χ1) is 7.54. The monoisotopic (exact) mass is 260 g/mol. The SMILES string of the molecule is CCC[C@H](N)C(=O)Nc1ccc(Cl)c(Cl)c1. The van der Waals surface area contributed by atoms with E-state index in [4.69, 9.17) is 28.9 Å². The van der Waals surface area contributed by atoms with Crippen LogP contribution in [0.25, 0.3) is 0 Å². The fraction of sp³-hybridized carbons (Fsp3) is 0.364. The third-order valence-electron chi connectivity index (χ3n) is 2.12. The van der Waals surface area contributed by atoms with Gasteiger partial charge in [0.05, 0.1) is 16.1 Å². The summed E-state index contributed by atoms with van der Waals surface area (Å²) in [6, 6.07) is 4.43. The van der Waals surface area contributed by atoms with Crippen molar-refractivity contribution >= 4 is 34.8 Å². The second-order valence-electron chi connectivity index (χ2n) is 3.51. The lowest BCUT2D eigenvalue weighted by molar-refractivity contribution is -0.117. The molecule has 0 saturated heterocycles. The van der Waals surface area contributed by atoms with E-state index in [2.05, 4.69) is 5.32 Å². The second kappa shape index (κ2) is 6.09. The van der Waals surface area contributed by atoms with Gasteiger partial charge in [-0.1, -0.05) is 36.5 Å². The molecular formula is C11H14Cl2N2O. The van der Waals surface area contributed by atoms with Crippen molar-refractivity contribution in [2.75, 3.05) is 5.32 Å². The fourth-order valence-corrected chi connectivity index (χ4v) is 1.55. The molecule has 1 atom stereocenters. The highest BCUT2D eigenvalue weighted by molar-refractivity contribution is 6.42. The number of hydrogen-bond donors (Lipinski definition) is 2. The van der Waals surface area contributed by atoms with Crippen molar-refractivity contribution in [2.24, 2.45) is 5.73 Å². The lowest BCUT2D eigenvalue weighted by atomic mass is 10.1. The molecule has 1 aromatic rings. The molecule has 0 aliphatic rings. The highest BCUT2D eigenvalue weighted by Crippen LogP contribution is 2.25. The molecule has 0 fully saturated rings. The Hall–Kier alpha value is -0.770. The summed E-state index contributed by atoms with van der Waals surface area (Å²) >= 11 is 11.6. The molecule has 3 N–H and O–H groups in total. The molecule has 1 rings (SSSR count). The lowest BCUT2D eigenvalue weighted by Crippen LogP contribution is -2.35. The summed E-state index contributed by atoms with van der Waals surface area (Å²) in [6.07, 6.45) is 1.53. The maximum Gasteiger partial charge on any atom is 0.241 e. The Kier molecular flexibility index (Phi) is 5.06. The van der Waals surface area contributed by atoms with Crippen molar-refractivity contribution in [1.82, 2.24) is 0 Å². The number of carbonyl (C=O) groups excluding carboxylic acids is 1. The van der Waals surface area contributed by atoms with Gasteiger partial charge < -0.3 is 11.1 Å². The zero-order valence-corrected chi connectivity index (χ0v) is 10.5. The lowest BCUT2D eigenvalue weighted by Gasteiger charge is -2.11. The average molecular weight is 261 g/mol. The molecule has 0 aliphatic heterocycles. The Morgan fingerprint density at radius 3 is 2.69 bits per heavy atom. The van der Waals surface area contributed by atoms with Gasteiger partial charge in [-0.2, -0.15) is 0 Å². The predicted octanol–water partition coefficient (Wildman–Crippen LogP) is 3.06. The first-order valence-electron chi connectivity index (χ1n) is 5.06. The quantitative estimate of drug-likeness (QED) is 0.875. The van der Waals surface area contributed by atoms with Gasteiger partial charge in [0, 0.05) is 5.69 Å². The number of rotatable bonds is 4. The number of amides is 1. The summed E-state index contributed by atoms with van der Waals surface area (Å²) in [7, 11) is 0. The summed E-state index contributed by atoms with van der Waals surface area (Å²) in [5, 5.41) is 3.55. The van der Waals surface area contributed by atoms with E-state index in [0.29, 0.717) is 22.2 Å². The standard InChI is InChI=1S/C11H14Cl2N2O/c1-2-3-10(14)11(16)15-7-4-5-8(12)9(13)6-7/h4-6,10H,2-3,14H2,1H3,(H,15,16)/t10-/m0/s1. The van der Waals surface area contributed by atoms with Crippen LogP contribution in [0.4, 0.5) is 5.69 Å². The normalized spacial score (nSPS) is 12.2. The molecule has 1 aromatic carbocycles. The van der Waals surface area contributed by atoms with Gasteiger partial charge in [0.25, 0.3) is 0 Å². The highest BCUT2D eigenvalue weighted by Gasteiger charge is 2.12. The van der Waals surface area contributed by atoms with Crippen molar-refractivity contribution in [3.8, 4) is 0 Å². The van der Waals surface area contributed by atoms with Crippen LogP contribution in [0.1, 0.15) is 19.8 Å². The van der Waals surface area contributed by atoms with Gasteiger partial charge in [0.15, 0.2) is 0 Å². The zero-order valence-electron chi connectivity index (χ0n) is 8.97. The Bertz CT molecular complexity index is 382. The minimum Gasteiger partial charge on any atom is -0.325 e. The Morgan fingerprint density at radius 1 is 1.44 bits per heavy atom. The van der Waals surface area contributed by atoms with Crippen LogP contribution in [0.5, 0.6) is 0 Å². The molecule has 0 saturated carbocycles. The molecule has 0 aliphatic carbocycles. The minimum atomic E-state index is -0.487. The Labute approximate surface area is 105 Å². The predicted molar refractivity (Wildman–Crippen MR) is 68.0 cm³/mol. The van der Waals surface area contributed by atoms with Gasteiger partial charge >= 0.3 is 0 Å². The number of nitrogens with one attached hydrogen (secondary N) is 1. The Balaban J connectivity index is 2.66. The molecule has 0 unspecified atom stereocenters. The van der Waals surface area contributed by atoms with Crippen LogP contribution in [0.15, 0.2) is 18.2 Å². The van der Waals surface area contributed by atoms with E-state index in [1.54, 1.807) is 18.2 Å². The molecule has 16 heavy (non-hydrogen) atoms. The van der Waals surface area contributed by atoms with Gasteiger partial charge in [-0.3, -0.25) is 4.79 Å². The summed E-state index contributed by atoms with van der Waals surface area (Å²) in [6.45, 7) is 1.98. The number of anilines is 1. The van der Waals surface area contributed by atoms with E-state index in [-0.39, 0.29) is 5.91 Å². The fourth-order valence-electron chi connectivity index (χ4n) is 1.25. The van der Waals surface area contributed by atoms with Crippen molar-refractivity contribution in [1.29, 1.82) is 0 Å². The number of halogens is 2. The maximum absolute atomic E-state index is 11.6. The number of carbonyl (C=O) groups is 1. The van der Waals surface area contributed by atoms with Crippen molar-refractivity contribution in [3.05, 3.63) is 28.2 Å². The van der Waals surface area contributed by atoms with Crippen molar-refractivity contribution in [3.63, 3.8) is 0 Å². The second-order valence-corrected chi connectivity index (χ2v) is 4.33. The van der Waals surface area contributed by atoms with Crippen LogP contribution < -0.4 is 11.1 Å². The summed E-state index contributed by atoms with van der Waals surface area (Å²) in [4.78, 5) is 11.6. The third-order valence-corrected chi connectivity index (χ3v) is 2.86. The number of nitrogens with two attached hydrogens (primary N) is 1.